The maximum absolute atomic E-state index is 2.18. The van der Waals surface area contributed by atoms with E-state index in [9.17, 15) is 0 Å². The van der Waals surface area contributed by atoms with Crippen molar-refractivity contribution in [2.75, 3.05) is 41.3 Å². The molecule has 0 aliphatic heterocycles. The predicted molar refractivity (Wildman–Crippen MR) is 77.6 cm³/mol. The van der Waals surface area contributed by atoms with Gasteiger partial charge in [0.25, 0.3) is 0 Å². The minimum Gasteiger partial charge on any atom is -0.323 e. The van der Waals surface area contributed by atoms with Crippen molar-refractivity contribution in [3.05, 3.63) is 11.8 Å². The molecule has 0 radical (unpaired) electrons. The Morgan fingerprint density at radius 3 is 0.765 bits per heavy atom. The first-order chi connectivity index (χ1) is 7.09. The Kier molecular flexibility index (Phi) is 29.2. The minimum absolute atomic E-state index is 0. The predicted octanol–water partition coefficient (Wildman–Crippen LogP) is 3.35. The second-order valence-corrected chi connectivity index (χ2v) is 5.61. The van der Waals surface area contributed by atoms with E-state index < -0.39 is 0 Å². The molecule has 0 aliphatic carbocycles. The van der Waals surface area contributed by atoms with Crippen LogP contribution in [0.25, 0.3) is 0 Å². The normalized spacial score (nSPS) is 9.53. The van der Waals surface area contributed by atoms with Crippen LogP contribution >= 0.6 is 0 Å². The molecular formula is C14H34N2Pd-2. The molecule has 0 fully saturated rings. The molecule has 0 aromatic heterocycles. The molecule has 0 rings (SSSR count). The molecule has 0 saturated carbocycles. The number of hydrogen-bond donors (Lipinski definition) is 0. The van der Waals surface area contributed by atoms with Crippen molar-refractivity contribution in [2.45, 2.75) is 41.5 Å². The SMILES string of the molecule is CN(C)CCN(C)C.C[C-](C)C.C[C-](C)C.[Pd]. The fraction of sp³-hybridized carbons (Fsp3) is 0.857. The summed E-state index contributed by atoms with van der Waals surface area (Å²) in [5.74, 6) is 2.83. The quantitative estimate of drug-likeness (QED) is 0.576. The molecule has 0 bridgehead atoms. The van der Waals surface area contributed by atoms with E-state index in [1.807, 2.05) is 0 Å². The van der Waals surface area contributed by atoms with Gasteiger partial charge in [0, 0.05) is 33.5 Å². The molecule has 0 unspecified atom stereocenters. The molecule has 0 saturated heterocycles. The van der Waals surface area contributed by atoms with Crippen molar-refractivity contribution in [3.8, 4) is 0 Å². The van der Waals surface area contributed by atoms with Crippen LogP contribution in [-0.2, 0) is 20.4 Å². The summed E-state index contributed by atoms with van der Waals surface area (Å²) in [7, 11) is 8.35. The van der Waals surface area contributed by atoms with Crippen LogP contribution < -0.4 is 0 Å². The summed E-state index contributed by atoms with van der Waals surface area (Å²) in [5, 5.41) is 0. The third-order valence-electron chi connectivity index (χ3n) is 0.994. The van der Waals surface area contributed by atoms with Crippen LogP contribution in [0.4, 0.5) is 0 Å². The zero-order chi connectivity index (χ0) is 13.7. The molecule has 0 heterocycles. The van der Waals surface area contributed by atoms with E-state index in [4.69, 9.17) is 0 Å². The summed E-state index contributed by atoms with van der Waals surface area (Å²) in [6.45, 7) is 14.8. The Bertz CT molecular complexity index is 93.3. The summed E-state index contributed by atoms with van der Waals surface area (Å²) in [6.07, 6.45) is 0. The molecule has 2 nitrogen and oxygen atoms in total. The average molecular weight is 337 g/mol. The molecule has 0 N–H and O–H groups in total. The van der Waals surface area contributed by atoms with Gasteiger partial charge in [0.15, 0.2) is 0 Å². The van der Waals surface area contributed by atoms with Crippen molar-refractivity contribution in [3.63, 3.8) is 0 Å². The van der Waals surface area contributed by atoms with E-state index >= 15 is 0 Å². The van der Waals surface area contributed by atoms with Gasteiger partial charge >= 0.3 is 0 Å². The fourth-order valence-electron chi connectivity index (χ4n) is 0.400. The van der Waals surface area contributed by atoms with Crippen molar-refractivity contribution >= 4 is 0 Å². The first-order valence-corrected chi connectivity index (χ1v) is 5.92. The average Bonchev–Trinajstić information content (AvgIpc) is 1.98. The number of likely N-dealkylation sites (N-methyl/N-ethyl adjacent to an activating group) is 2. The zero-order valence-electron chi connectivity index (χ0n) is 13.6. The summed E-state index contributed by atoms with van der Waals surface area (Å²) in [6, 6.07) is 0. The molecule has 0 aromatic rings. The summed E-state index contributed by atoms with van der Waals surface area (Å²) < 4.78 is 0. The molecule has 0 amide bonds. The molecule has 0 spiro atoms. The van der Waals surface area contributed by atoms with Gasteiger partial charge in [-0.1, -0.05) is 0 Å². The zero-order valence-corrected chi connectivity index (χ0v) is 15.2. The van der Waals surface area contributed by atoms with Crippen LogP contribution in [0.5, 0.6) is 0 Å². The van der Waals surface area contributed by atoms with Gasteiger partial charge in [-0.2, -0.15) is 41.5 Å². The van der Waals surface area contributed by atoms with Crippen molar-refractivity contribution in [1.29, 1.82) is 0 Å². The molecule has 112 valence electrons. The smallest absolute Gasteiger partial charge is 0.0103 e. The van der Waals surface area contributed by atoms with E-state index in [1.165, 1.54) is 11.8 Å². The maximum Gasteiger partial charge on any atom is 0.0103 e. The summed E-state index contributed by atoms with van der Waals surface area (Å²) >= 11 is 0. The van der Waals surface area contributed by atoms with Crippen LogP contribution in [0.3, 0.4) is 0 Å². The molecular weight excluding hydrogens is 303 g/mol. The Morgan fingerprint density at radius 2 is 0.706 bits per heavy atom. The molecule has 0 aromatic carbocycles. The van der Waals surface area contributed by atoms with Gasteiger partial charge in [-0.15, -0.1) is 0 Å². The summed E-state index contributed by atoms with van der Waals surface area (Å²) in [5.41, 5.74) is 0. The Morgan fingerprint density at radius 1 is 0.588 bits per heavy atom. The van der Waals surface area contributed by atoms with Gasteiger partial charge in [0.1, 0.15) is 0 Å². The Balaban J connectivity index is -0.0000000806. The monoisotopic (exact) mass is 336 g/mol. The maximum atomic E-state index is 2.18. The van der Waals surface area contributed by atoms with Gasteiger partial charge in [-0.3, -0.25) is 0 Å². The Hall–Kier alpha value is 0.582. The fourth-order valence-corrected chi connectivity index (χ4v) is 0.400. The second-order valence-electron chi connectivity index (χ2n) is 5.61. The van der Waals surface area contributed by atoms with Gasteiger partial charge in [0.05, 0.1) is 0 Å². The van der Waals surface area contributed by atoms with Gasteiger partial charge in [-0.25, -0.2) is 0 Å². The van der Waals surface area contributed by atoms with Gasteiger partial charge in [0.2, 0.25) is 0 Å². The van der Waals surface area contributed by atoms with Crippen LogP contribution in [0.15, 0.2) is 0 Å². The topological polar surface area (TPSA) is 6.48 Å². The van der Waals surface area contributed by atoms with E-state index in [1.54, 1.807) is 0 Å². The van der Waals surface area contributed by atoms with Crippen molar-refractivity contribution < 1.29 is 20.4 Å². The standard InChI is InChI=1S/C6H16N2.2C4H9.Pd/c1-7(2)5-6-8(3)4;2*1-4(2)3;/h5-6H2,1-4H3;2*1-3H3;/q;2*-1;. The first-order valence-electron chi connectivity index (χ1n) is 5.92. The second kappa shape index (κ2) is 18.9. The summed E-state index contributed by atoms with van der Waals surface area (Å²) in [4.78, 5) is 4.36. The third-order valence-corrected chi connectivity index (χ3v) is 0.994. The molecule has 0 atom stereocenters. The molecule has 3 heteroatoms. The van der Waals surface area contributed by atoms with Crippen molar-refractivity contribution in [2.24, 2.45) is 0 Å². The largest absolute Gasteiger partial charge is 0.323 e. The number of rotatable bonds is 3. The molecule has 0 aliphatic rings. The Labute approximate surface area is 125 Å². The van der Waals surface area contributed by atoms with Crippen LogP contribution in [0.2, 0.25) is 0 Å². The van der Waals surface area contributed by atoms with Crippen LogP contribution in [-0.4, -0.2) is 51.1 Å². The number of hydrogen-bond acceptors (Lipinski definition) is 2. The van der Waals surface area contributed by atoms with E-state index in [-0.39, 0.29) is 20.4 Å². The van der Waals surface area contributed by atoms with Crippen LogP contribution in [0, 0.1) is 11.8 Å². The van der Waals surface area contributed by atoms with E-state index in [0.29, 0.717) is 0 Å². The van der Waals surface area contributed by atoms with Crippen molar-refractivity contribution in [1.82, 2.24) is 9.80 Å². The van der Waals surface area contributed by atoms with E-state index in [2.05, 4.69) is 79.5 Å². The third kappa shape index (κ3) is 113. The van der Waals surface area contributed by atoms with Gasteiger partial charge in [-0.05, 0) is 28.2 Å². The number of nitrogens with zero attached hydrogens (tertiary/aromatic N) is 2. The van der Waals surface area contributed by atoms with Gasteiger partial charge < -0.3 is 21.6 Å². The van der Waals surface area contributed by atoms with E-state index in [0.717, 1.165) is 13.1 Å². The first kappa shape index (κ1) is 26.2. The minimum atomic E-state index is 0. The van der Waals surface area contributed by atoms with Crippen LogP contribution in [0.1, 0.15) is 41.5 Å². The molecule has 17 heavy (non-hydrogen) atoms.